The van der Waals surface area contributed by atoms with Crippen LogP contribution < -0.4 is 5.32 Å². The molecule has 2 fully saturated rings. The predicted octanol–water partition coefficient (Wildman–Crippen LogP) is -1.04. The van der Waals surface area contributed by atoms with Gasteiger partial charge in [-0.15, -0.1) is 0 Å². The number of carbonyl (C=O) groups excluding carboxylic acids is 1. The van der Waals surface area contributed by atoms with Crippen molar-refractivity contribution in [1.29, 1.82) is 0 Å². The molecular formula is C10H18N2O3. The Labute approximate surface area is 89.4 Å². The summed E-state index contributed by atoms with van der Waals surface area (Å²) in [7, 11) is 0. The highest BCUT2D eigenvalue weighted by Gasteiger charge is 2.40. The van der Waals surface area contributed by atoms with E-state index in [0.29, 0.717) is 13.1 Å². The van der Waals surface area contributed by atoms with Crippen LogP contribution in [-0.2, 0) is 9.53 Å². The summed E-state index contributed by atoms with van der Waals surface area (Å²) in [5.74, 6) is -0.0327. The van der Waals surface area contributed by atoms with Gasteiger partial charge in [0.25, 0.3) is 0 Å². The van der Waals surface area contributed by atoms with Crippen molar-refractivity contribution in [2.24, 2.45) is 0 Å². The van der Waals surface area contributed by atoms with Crippen LogP contribution in [0.5, 0.6) is 0 Å². The summed E-state index contributed by atoms with van der Waals surface area (Å²) in [5.41, 5.74) is -0.874. The third-order valence-corrected chi connectivity index (χ3v) is 2.96. The molecule has 86 valence electrons. The van der Waals surface area contributed by atoms with Gasteiger partial charge in [-0.2, -0.15) is 0 Å². The summed E-state index contributed by atoms with van der Waals surface area (Å²) in [6, 6.07) is 0. The van der Waals surface area contributed by atoms with E-state index in [-0.39, 0.29) is 18.1 Å². The van der Waals surface area contributed by atoms with Gasteiger partial charge in [0.05, 0.1) is 24.3 Å². The van der Waals surface area contributed by atoms with Crippen molar-refractivity contribution in [1.82, 2.24) is 10.2 Å². The second-order valence-corrected chi connectivity index (χ2v) is 5.09. The molecule has 2 rings (SSSR count). The van der Waals surface area contributed by atoms with Crippen molar-refractivity contribution in [3.63, 3.8) is 0 Å². The van der Waals surface area contributed by atoms with Crippen molar-refractivity contribution in [2.45, 2.75) is 25.0 Å². The topological polar surface area (TPSA) is 61.8 Å². The highest BCUT2D eigenvalue weighted by Crippen LogP contribution is 2.21. The van der Waals surface area contributed by atoms with Crippen LogP contribution in [0.1, 0.15) is 13.8 Å². The molecule has 0 radical (unpaired) electrons. The van der Waals surface area contributed by atoms with Crippen molar-refractivity contribution in [2.75, 3.05) is 32.8 Å². The molecule has 0 bridgehead atoms. The lowest BCUT2D eigenvalue weighted by Crippen LogP contribution is -2.64. The first-order valence-electron chi connectivity index (χ1n) is 5.25. The largest absolute Gasteiger partial charge is 0.386 e. The van der Waals surface area contributed by atoms with Gasteiger partial charge in [-0.3, -0.25) is 4.79 Å². The molecule has 0 unspecified atom stereocenters. The summed E-state index contributed by atoms with van der Waals surface area (Å²) in [6.45, 7) is 6.29. The SMILES string of the molecule is CC1(O)CN(C(=O)COC2(C)CNC2)C1. The van der Waals surface area contributed by atoms with Crippen molar-refractivity contribution in [3.05, 3.63) is 0 Å². The summed E-state index contributed by atoms with van der Waals surface area (Å²) < 4.78 is 5.52. The monoisotopic (exact) mass is 214 g/mol. The summed E-state index contributed by atoms with van der Waals surface area (Å²) in [5, 5.41) is 12.6. The lowest BCUT2D eigenvalue weighted by molar-refractivity contribution is -0.164. The Bertz CT molecular complexity index is 266. The first-order valence-corrected chi connectivity index (χ1v) is 5.25. The van der Waals surface area contributed by atoms with Crippen LogP contribution in [0.25, 0.3) is 0 Å². The molecule has 15 heavy (non-hydrogen) atoms. The third kappa shape index (κ3) is 2.30. The van der Waals surface area contributed by atoms with Gasteiger partial charge in [0.1, 0.15) is 6.61 Å². The van der Waals surface area contributed by atoms with Gasteiger partial charge in [0.15, 0.2) is 0 Å². The third-order valence-electron chi connectivity index (χ3n) is 2.96. The van der Waals surface area contributed by atoms with Crippen LogP contribution in [0.2, 0.25) is 0 Å². The minimum Gasteiger partial charge on any atom is -0.386 e. The minimum absolute atomic E-state index is 0.0327. The molecule has 2 aliphatic heterocycles. The number of nitrogens with zero attached hydrogens (tertiary/aromatic N) is 1. The molecular weight excluding hydrogens is 196 g/mol. The molecule has 2 N–H and O–H groups in total. The Morgan fingerprint density at radius 2 is 2.07 bits per heavy atom. The quantitative estimate of drug-likeness (QED) is 0.630. The van der Waals surface area contributed by atoms with E-state index < -0.39 is 5.60 Å². The molecule has 2 aliphatic rings. The van der Waals surface area contributed by atoms with E-state index in [0.717, 1.165) is 13.1 Å². The highest BCUT2D eigenvalue weighted by molar-refractivity contribution is 5.78. The maximum absolute atomic E-state index is 11.6. The number of ether oxygens (including phenoxy) is 1. The lowest BCUT2D eigenvalue weighted by Gasteiger charge is -2.45. The number of carbonyl (C=O) groups is 1. The molecule has 5 nitrogen and oxygen atoms in total. The zero-order chi connectivity index (χ0) is 11.1. The Morgan fingerprint density at radius 3 is 2.47 bits per heavy atom. The van der Waals surface area contributed by atoms with Gasteiger partial charge >= 0.3 is 0 Å². The van der Waals surface area contributed by atoms with E-state index in [1.54, 1.807) is 11.8 Å². The normalized spacial score (nSPS) is 26.7. The summed E-state index contributed by atoms with van der Waals surface area (Å²) >= 11 is 0. The second-order valence-electron chi connectivity index (χ2n) is 5.09. The fourth-order valence-electron chi connectivity index (χ4n) is 1.86. The number of β-amino-alcohol motifs (C(OH)–C–C–N with tert-alkyl or cyclic N) is 1. The van der Waals surface area contributed by atoms with Gasteiger partial charge in [-0.25, -0.2) is 0 Å². The number of amides is 1. The fourth-order valence-corrected chi connectivity index (χ4v) is 1.86. The highest BCUT2D eigenvalue weighted by atomic mass is 16.5. The molecule has 0 aromatic rings. The maximum atomic E-state index is 11.6. The molecule has 0 aromatic carbocycles. The zero-order valence-corrected chi connectivity index (χ0v) is 9.25. The number of aliphatic hydroxyl groups is 1. The molecule has 2 saturated heterocycles. The van der Waals surface area contributed by atoms with Crippen molar-refractivity contribution >= 4 is 5.91 Å². The van der Waals surface area contributed by atoms with Gasteiger partial charge in [0.2, 0.25) is 5.91 Å². The van der Waals surface area contributed by atoms with E-state index in [1.165, 1.54) is 0 Å². The maximum Gasteiger partial charge on any atom is 0.248 e. The van der Waals surface area contributed by atoms with E-state index in [9.17, 15) is 9.90 Å². The molecule has 5 heteroatoms. The molecule has 0 aromatic heterocycles. The Morgan fingerprint density at radius 1 is 1.47 bits per heavy atom. The van der Waals surface area contributed by atoms with E-state index in [2.05, 4.69) is 5.32 Å². The zero-order valence-electron chi connectivity index (χ0n) is 9.25. The van der Waals surface area contributed by atoms with E-state index in [1.807, 2.05) is 6.92 Å². The average Bonchev–Trinajstić information content (AvgIpc) is 2.07. The second kappa shape index (κ2) is 3.43. The number of rotatable bonds is 3. The predicted molar refractivity (Wildman–Crippen MR) is 54.4 cm³/mol. The Kier molecular flexibility index (Phi) is 2.48. The summed E-state index contributed by atoms with van der Waals surface area (Å²) in [4.78, 5) is 13.2. The van der Waals surface area contributed by atoms with Crippen LogP contribution >= 0.6 is 0 Å². The average molecular weight is 214 g/mol. The number of hydrogen-bond donors (Lipinski definition) is 2. The molecule has 0 saturated carbocycles. The van der Waals surface area contributed by atoms with Crippen molar-refractivity contribution in [3.8, 4) is 0 Å². The van der Waals surface area contributed by atoms with Crippen LogP contribution in [-0.4, -0.2) is 59.9 Å². The minimum atomic E-state index is -0.697. The van der Waals surface area contributed by atoms with Gasteiger partial charge in [-0.05, 0) is 13.8 Å². The van der Waals surface area contributed by atoms with Gasteiger partial charge < -0.3 is 20.1 Å². The smallest absolute Gasteiger partial charge is 0.248 e. The molecule has 0 atom stereocenters. The first kappa shape index (κ1) is 10.9. The molecule has 2 heterocycles. The van der Waals surface area contributed by atoms with Gasteiger partial charge in [0, 0.05) is 13.1 Å². The summed E-state index contributed by atoms with van der Waals surface area (Å²) in [6.07, 6.45) is 0. The first-order chi connectivity index (χ1) is 6.90. The van der Waals surface area contributed by atoms with E-state index in [4.69, 9.17) is 4.74 Å². The molecule has 0 aliphatic carbocycles. The van der Waals surface area contributed by atoms with Crippen LogP contribution in [0.15, 0.2) is 0 Å². The molecule has 0 spiro atoms. The van der Waals surface area contributed by atoms with Crippen LogP contribution in [0.4, 0.5) is 0 Å². The molecule has 1 amide bonds. The van der Waals surface area contributed by atoms with Crippen LogP contribution in [0.3, 0.4) is 0 Å². The Hall–Kier alpha value is -0.650. The number of nitrogens with one attached hydrogen (secondary N) is 1. The van der Waals surface area contributed by atoms with E-state index >= 15 is 0 Å². The van der Waals surface area contributed by atoms with Crippen LogP contribution in [0, 0.1) is 0 Å². The standard InChI is InChI=1S/C10H18N2O3/c1-9(14)6-12(7-9)8(13)3-15-10(2)4-11-5-10/h11,14H,3-7H2,1-2H3. The number of hydrogen-bond acceptors (Lipinski definition) is 4. The van der Waals surface area contributed by atoms with Crippen molar-refractivity contribution < 1.29 is 14.6 Å². The Balaban J connectivity index is 1.70. The number of likely N-dealkylation sites (tertiary alicyclic amines) is 1. The lowest BCUT2D eigenvalue weighted by atomic mass is 9.97. The fraction of sp³-hybridized carbons (Fsp3) is 0.900. The van der Waals surface area contributed by atoms with Gasteiger partial charge in [-0.1, -0.05) is 0 Å².